The number of hydrogen-bond acceptors (Lipinski definition) is 2. The SMILES string of the molecule is [C-]#[N+]c1ccc(-c2cccc(-c3ccc(-n4c5ccccc5c5ccccc54)c(C#N)c3)c2)c(-n2c3ccccc3c3cc(C#N)ccc32)c1. The first-order chi connectivity index (χ1) is 24.7. The molecule has 230 valence electrons. The number of fused-ring (bicyclic) bond motifs is 6. The van der Waals surface area contributed by atoms with E-state index in [1.54, 1.807) is 0 Å². The van der Waals surface area contributed by atoms with E-state index < -0.39 is 0 Å². The zero-order chi connectivity index (χ0) is 33.8. The van der Waals surface area contributed by atoms with E-state index in [0.717, 1.165) is 77.2 Å². The fourth-order valence-corrected chi connectivity index (χ4v) is 7.37. The van der Waals surface area contributed by atoms with Crippen molar-refractivity contribution < 1.29 is 0 Å². The first-order valence-corrected chi connectivity index (χ1v) is 16.3. The highest BCUT2D eigenvalue weighted by Crippen LogP contribution is 2.40. The topological polar surface area (TPSA) is 61.8 Å². The number of nitriles is 2. The Morgan fingerprint density at radius 2 is 1.06 bits per heavy atom. The highest BCUT2D eigenvalue weighted by molar-refractivity contribution is 6.11. The first-order valence-electron chi connectivity index (χ1n) is 16.3. The van der Waals surface area contributed by atoms with Gasteiger partial charge in [0.15, 0.2) is 5.69 Å². The molecular formula is C45H25N5. The Kier molecular flexibility index (Phi) is 6.56. The minimum atomic E-state index is 0.541. The molecule has 50 heavy (non-hydrogen) atoms. The summed E-state index contributed by atoms with van der Waals surface area (Å²) in [6, 6.07) is 55.5. The summed E-state index contributed by atoms with van der Waals surface area (Å²) in [4.78, 5) is 3.78. The van der Waals surface area contributed by atoms with E-state index in [0.29, 0.717) is 16.8 Å². The standard InChI is InChI=1S/C45H25N5/c1-48-34-19-20-35(45(26-34)50-43-16-7-4-13-38(43)39-23-29(27-46)17-21-44(39)50)32-10-8-9-30(24-32)31-18-22-40(33(25-31)28-47)49-41-14-5-2-11-36(41)37-12-3-6-15-42(37)49/h2-26H. The largest absolute Gasteiger partial charge is 0.310 e. The lowest BCUT2D eigenvalue weighted by Crippen LogP contribution is -1.98. The number of rotatable bonds is 4. The summed E-state index contributed by atoms with van der Waals surface area (Å²) in [5, 5.41) is 24.4. The lowest BCUT2D eigenvalue weighted by Gasteiger charge is -2.16. The predicted octanol–water partition coefficient (Wildman–Crippen LogP) is 11.5. The monoisotopic (exact) mass is 635 g/mol. The third-order valence-corrected chi connectivity index (χ3v) is 9.60. The average molecular weight is 636 g/mol. The van der Waals surface area contributed by atoms with Gasteiger partial charge in [-0.3, -0.25) is 0 Å². The van der Waals surface area contributed by atoms with Crippen LogP contribution in [0.1, 0.15) is 11.1 Å². The molecule has 2 heterocycles. The van der Waals surface area contributed by atoms with Gasteiger partial charge in [-0.1, -0.05) is 91.0 Å². The molecule has 7 aromatic carbocycles. The fraction of sp³-hybridized carbons (Fsp3) is 0. The Bertz CT molecular complexity index is 2920. The average Bonchev–Trinajstić information content (AvgIpc) is 3.70. The normalized spacial score (nSPS) is 11.1. The molecule has 0 amide bonds. The van der Waals surface area contributed by atoms with Crippen LogP contribution < -0.4 is 0 Å². The van der Waals surface area contributed by atoms with Crippen LogP contribution in [0.4, 0.5) is 5.69 Å². The van der Waals surface area contributed by atoms with Crippen LogP contribution in [0, 0.1) is 29.2 Å². The molecule has 0 aliphatic heterocycles. The van der Waals surface area contributed by atoms with E-state index in [4.69, 9.17) is 6.57 Å². The summed E-state index contributed by atoms with van der Waals surface area (Å²) in [7, 11) is 0. The summed E-state index contributed by atoms with van der Waals surface area (Å²) >= 11 is 0. The second-order valence-corrected chi connectivity index (χ2v) is 12.3. The van der Waals surface area contributed by atoms with Crippen molar-refractivity contribution in [2.75, 3.05) is 0 Å². The van der Waals surface area contributed by atoms with E-state index in [2.05, 4.69) is 86.8 Å². The molecule has 5 nitrogen and oxygen atoms in total. The zero-order valence-electron chi connectivity index (χ0n) is 26.7. The summed E-state index contributed by atoms with van der Waals surface area (Å²) in [6.45, 7) is 7.81. The molecule has 0 saturated carbocycles. The van der Waals surface area contributed by atoms with Gasteiger partial charge in [-0.2, -0.15) is 10.5 Å². The number of hydrogen-bond donors (Lipinski definition) is 0. The van der Waals surface area contributed by atoms with Crippen LogP contribution in [0.3, 0.4) is 0 Å². The molecule has 0 N–H and O–H groups in total. The molecule has 0 aliphatic carbocycles. The van der Waals surface area contributed by atoms with Gasteiger partial charge < -0.3 is 9.13 Å². The predicted molar refractivity (Wildman–Crippen MR) is 202 cm³/mol. The van der Waals surface area contributed by atoms with Gasteiger partial charge in [0.05, 0.1) is 51.5 Å². The number of aromatic nitrogens is 2. The van der Waals surface area contributed by atoms with E-state index in [-0.39, 0.29) is 0 Å². The molecule has 0 unspecified atom stereocenters. The van der Waals surface area contributed by atoms with Crippen molar-refractivity contribution >= 4 is 49.3 Å². The zero-order valence-corrected chi connectivity index (χ0v) is 26.7. The summed E-state index contributed by atoms with van der Waals surface area (Å²) in [6.07, 6.45) is 0. The van der Waals surface area contributed by atoms with Crippen LogP contribution in [-0.2, 0) is 0 Å². The van der Waals surface area contributed by atoms with Crippen molar-refractivity contribution in [1.29, 1.82) is 10.5 Å². The lowest BCUT2D eigenvalue weighted by molar-refractivity contribution is 1.17. The van der Waals surface area contributed by atoms with Crippen molar-refractivity contribution in [2.45, 2.75) is 0 Å². The minimum Gasteiger partial charge on any atom is -0.310 e. The quantitative estimate of drug-likeness (QED) is 0.181. The molecule has 0 saturated heterocycles. The number of nitrogens with zero attached hydrogens (tertiary/aromatic N) is 5. The van der Waals surface area contributed by atoms with Gasteiger partial charge in [0.25, 0.3) is 0 Å². The second-order valence-electron chi connectivity index (χ2n) is 12.3. The molecule has 5 heteroatoms. The van der Waals surface area contributed by atoms with Crippen molar-refractivity contribution in [3.8, 4) is 45.8 Å². The lowest BCUT2D eigenvalue weighted by atomic mass is 9.96. The smallest absolute Gasteiger partial charge is 0.189 e. The summed E-state index contributed by atoms with van der Waals surface area (Å²) < 4.78 is 4.37. The number of benzene rings is 7. The maximum atomic E-state index is 10.5. The Labute approximate surface area is 288 Å². The van der Waals surface area contributed by atoms with Crippen molar-refractivity contribution in [3.63, 3.8) is 0 Å². The van der Waals surface area contributed by atoms with Crippen LogP contribution in [0.25, 0.3) is 82.1 Å². The van der Waals surface area contributed by atoms with Crippen molar-refractivity contribution in [1.82, 2.24) is 9.13 Å². The Balaban J connectivity index is 1.21. The maximum absolute atomic E-state index is 10.5. The third-order valence-electron chi connectivity index (χ3n) is 9.60. The molecule has 0 bridgehead atoms. The molecule has 0 radical (unpaired) electrons. The number of para-hydroxylation sites is 3. The molecule has 0 fully saturated rings. The molecule has 0 aliphatic rings. The van der Waals surface area contributed by atoms with Gasteiger partial charge in [0.1, 0.15) is 6.07 Å². The fourth-order valence-electron chi connectivity index (χ4n) is 7.37. The summed E-state index contributed by atoms with van der Waals surface area (Å²) in [5.41, 5.74) is 11.4. The van der Waals surface area contributed by atoms with E-state index in [1.807, 2.05) is 91.0 Å². The Hall–Kier alpha value is -7.39. The van der Waals surface area contributed by atoms with Crippen LogP contribution in [0.5, 0.6) is 0 Å². The van der Waals surface area contributed by atoms with Crippen LogP contribution in [0.2, 0.25) is 0 Å². The first kappa shape index (κ1) is 28.8. The molecule has 9 rings (SSSR count). The van der Waals surface area contributed by atoms with E-state index in [9.17, 15) is 10.5 Å². The molecule has 0 spiro atoms. The van der Waals surface area contributed by atoms with E-state index >= 15 is 0 Å². The second kappa shape index (κ2) is 11.4. The maximum Gasteiger partial charge on any atom is 0.189 e. The highest BCUT2D eigenvalue weighted by Gasteiger charge is 2.18. The highest BCUT2D eigenvalue weighted by atomic mass is 15.0. The molecule has 9 aromatic rings. The van der Waals surface area contributed by atoms with Gasteiger partial charge in [-0.05, 0) is 77.4 Å². The van der Waals surface area contributed by atoms with E-state index in [1.165, 1.54) is 0 Å². The van der Waals surface area contributed by atoms with Crippen LogP contribution >= 0.6 is 0 Å². The van der Waals surface area contributed by atoms with Crippen LogP contribution in [-0.4, -0.2) is 9.13 Å². The van der Waals surface area contributed by atoms with Gasteiger partial charge in [0, 0.05) is 32.8 Å². The van der Waals surface area contributed by atoms with Gasteiger partial charge in [-0.15, -0.1) is 0 Å². The molecule has 0 atom stereocenters. The minimum absolute atomic E-state index is 0.541. The van der Waals surface area contributed by atoms with Crippen LogP contribution in [0.15, 0.2) is 152 Å². The molecular weight excluding hydrogens is 611 g/mol. The Morgan fingerprint density at radius 1 is 0.460 bits per heavy atom. The Morgan fingerprint density at radius 3 is 1.72 bits per heavy atom. The van der Waals surface area contributed by atoms with Gasteiger partial charge in [-0.25, -0.2) is 4.85 Å². The molecule has 2 aromatic heterocycles. The van der Waals surface area contributed by atoms with Gasteiger partial charge in [0.2, 0.25) is 0 Å². The van der Waals surface area contributed by atoms with Crippen molar-refractivity contribution in [3.05, 3.63) is 174 Å². The van der Waals surface area contributed by atoms with Gasteiger partial charge >= 0.3 is 0 Å². The summed E-state index contributed by atoms with van der Waals surface area (Å²) in [5.74, 6) is 0. The third kappa shape index (κ3) is 4.38. The van der Waals surface area contributed by atoms with Crippen molar-refractivity contribution in [2.24, 2.45) is 0 Å².